The molecule has 1 amide bonds. The lowest BCUT2D eigenvalue weighted by Gasteiger charge is -2.17. The number of amides is 1. The average Bonchev–Trinajstić information content (AvgIpc) is 2.71. The van der Waals surface area contributed by atoms with Crippen LogP contribution >= 0.6 is 0 Å². The first-order valence-corrected chi connectivity index (χ1v) is 9.33. The van der Waals surface area contributed by atoms with E-state index in [1.807, 2.05) is 36.4 Å². The quantitative estimate of drug-likeness (QED) is 0.475. The largest absolute Gasteiger partial charge is 0.480 e. The summed E-state index contributed by atoms with van der Waals surface area (Å²) in [7, 11) is 0. The Bertz CT molecular complexity index is 1050. The van der Waals surface area contributed by atoms with E-state index in [-0.39, 0.29) is 5.56 Å². The Kier molecular flexibility index (Phi) is 6.38. The van der Waals surface area contributed by atoms with E-state index in [0.717, 1.165) is 11.3 Å². The minimum absolute atomic E-state index is 0.251. The molecule has 0 fully saturated rings. The van der Waals surface area contributed by atoms with Crippen LogP contribution in [0.25, 0.3) is 11.3 Å². The average molecular weight is 406 g/mol. The van der Waals surface area contributed by atoms with Crippen LogP contribution in [0, 0.1) is 6.92 Å². The van der Waals surface area contributed by atoms with Gasteiger partial charge in [-0.3, -0.25) is 4.79 Å². The summed E-state index contributed by atoms with van der Waals surface area (Å²) in [5.74, 6) is -0.756. The zero-order chi connectivity index (χ0) is 21.7. The number of nitrogens with one attached hydrogen (secondary N) is 2. The van der Waals surface area contributed by atoms with E-state index in [2.05, 4.69) is 20.6 Å². The van der Waals surface area contributed by atoms with Crippen LogP contribution in [0.5, 0.6) is 0 Å². The maximum absolute atomic E-state index is 12.4. The number of aryl methyl sites for hydroxylation is 1. The SMILES string of the molecule is Cc1nc(Nc2cccc(C(=O)NC(C(=O)O)C(C)O)c2)cc(-c2ccccc2)n1. The van der Waals surface area contributed by atoms with Gasteiger partial charge in [-0.05, 0) is 32.0 Å². The van der Waals surface area contributed by atoms with Crippen LogP contribution in [0.3, 0.4) is 0 Å². The van der Waals surface area contributed by atoms with Gasteiger partial charge in [-0.2, -0.15) is 0 Å². The van der Waals surface area contributed by atoms with Crippen LogP contribution in [0.4, 0.5) is 11.5 Å². The highest BCUT2D eigenvalue weighted by molar-refractivity contribution is 5.97. The first-order valence-electron chi connectivity index (χ1n) is 9.33. The lowest BCUT2D eigenvalue weighted by atomic mass is 10.1. The Morgan fingerprint density at radius 2 is 1.73 bits per heavy atom. The summed E-state index contributed by atoms with van der Waals surface area (Å²) in [6, 6.07) is 16.7. The summed E-state index contributed by atoms with van der Waals surface area (Å²) in [4.78, 5) is 32.5. The second-order valence-corrected chi connectivity index (χ2v) is 6.79. The van der Waals surface area contributed by atoms with Crippen molar-refractivity contribution in [1.82, 2.24) is 15.3 Å². The van der Waals surface area contributed by atoms with Crippen molar-refractivity contribution < 1.29 is 19.8 Å². The highest BCUT2D eigenvalue weighted by Crippen LogP contribution is 2.22. The molecule has 0 spiro atoms. The zero-order valence-electron chi connectivity index (χ0n) is 16.5. The molecule has 0 aliphatic carbocycles. The molecule has 3 rings (SSSR count). The molecule has 2 unspecified atom stereocenters. The second-order valence-electron chi connectivity index (χ2n) is 6.79. The number of aromatic nitrogens is 2. The third-order valence-electron chi connectivity index (χ3n) is 4.34. The molecule has 0 saturated heterocycles. The number of rotatable bonds is 7. The molecule has 0 radical (unpaired) electrons. The maximum atomic E-state index is 12.4. The summed E-state index contributed by atoms with van der Waals surface area (Å²) in [5, 5.41) is 24.2. The van der Waals surface area contributed by atoms with Crippen molar-refractivity contribution in [1.29, 1.82) is 0 Å². The van der Waals surface area contributed by atoms with E-state index in [9.17, 15) is 14.7 Å². The molecule has 1 heterocycles. The van der Waals surface area contributed by atoms with Crippen LogP contribution in [-0.2, 0) is 4.79 Å². The van der Waals surface area contributed by atoms with Gasteiger partial charge in [0.15, 0.2) is 6.04 Å². The fraction of sp³-hybridized carbons (Fsp3) is 0.182. The first-order chi connectivity index (χ1) is 14.3. The van der Waals surface area contributed by atoms with Gasteiger partial charge in [-0.25, -0.2) is 14.8 Å². The number of carboxylic acids is 1. The van der Waals surface area contributed by atoms with Crippen LogP contribution in [-0.4, -0.2) is 44.2 Å². The number of carboxylic acid groups (broad SMARTS) is 1. The van der Waals surface area contributed by atoms with E-state index >= 15 is 0 Å². The number of aliphatic hydroxyl groups is 1. The first kappa shape index (κ1) is 20.9. The summed E-state index contributed by atoms with van der Waals surface area (Å²) >= 11 is 0. The van der Waals surface area contributed by atoms with Crippen molar-refractivity contribution in [3.05, 3.63) is 72.1 Å². The van der Waals surface area contributed by atoms with Gasteiger partial charge in [-0.1, -0.05) is 36.4 Å². The van der Waals surface area contributed by atoms with Gasteiger partial charge in [0, 0.05) is 22.9 Å². The van der Waals surface area contributed by atoms with Crippen LogP contribution in [0.1, 0.15) is 23.1 Å². The third-order valence-corrected chi connectivity index (χ3v) is 4.34. The molecule has 8 nitrogen and oxygen atoms in total. The Morgan fingerprint density at radius 1 is 1.00 bits per heavy atom. The van der Waals surface area contributed by atoms with Crippen molar-refractivity contribution in [2.45, 2.75) is 26.0 Å². The van der Waals surface area contributed by atoms with Gasteiger partial charge in [0.05, 0.1) is 11.8 Å². The molecule has 8 heteroatoms. The molecular formula is C22H22N4O4. The standard InChI is InChI=1S/C22H22N4O4/c1-13(27)20(22(29)30)26-21(28)16-9-6-10-17(11-16)25-19-12-18(23-14(2)24-19)15-7-4-3-5-8-15/h3-13,20,27H,1-2H3,(H,26,28)(H,29,30)(H,23,24,25). The van der Waals surface area contributed by atoms with E-state index < -0.39 is 24.0 Å². The van der Waals surface area contributed by atoms with Crippen molar-refractivity contribution in [3.63, 3.8) is 0 Å². The third kappa shape index (κ3) is 5.18. The number of aliphatic hydroxyl groups excluding tert-OH is 1. The molecule has 30 heavy (non-hydrogen) atoms. The highest BCUT2D eigenvalue weighted by atomic mass is 16.4. The van der Waals surface area contributed by atoms with Crippen molar-refractivity contribution in [3.8, 4) is 11.3 Å². The van der Waals surface area contributed by atoms with E-state index in [1.165, 1.54) is 6.92 Å². The Balaban J connectivity index is 1.81. The molecule has 0 saturated carbocycles. The van der Waals surface area contributed by atoms with Gasteiger partial charge in [0.25, 0.3) is 5.91 Å². The lowest BCUT2D eigenvalue weighted by molar-refractivity contribution is -0.141. The minimum Gasteiger partial charge on any atom is -0.480 e. The second kappa shape index (κ2) is 9.15. The molecule has 2 atom stereocenters. The number of nitrogens with zero attached hydrogens (tertiary/aromatic N) is 2. The Morgan fingerprint density at radius 3 is 2.40 bits per heavy atom. The number of hydrogen-bond donors (Lipinski definition) is 4. The molecule has 1 aromatic heterocycles. The van der Waals surface area contributed by atoms with E-state index in [1.54, 1.807) is 31.2 Å². The van der Waals surface area contributed by atoms with Crippen molar-refractivity contribution in [2.75, 3.05) is 5.32 Å². The van der Waals surface area contributed by atoms with Gasteiger partial charge in [-0.15, -0.1) is 0 Å². The highest BCUT2D eigenvalue weighted by Gasteiger charge is 2.25. The monoisotopic (exact) mass is 406 g/mol. The fourth-order valence-electron chi connectivity index (χ4n) is 2.89. The molecule has 0 aliphatic heterocycles. The van der Waals surface area contributed by atoms with Crippen molar-refractivity contribution >= 4 is 23.4 Å². The van der Waals surface area contributed by atoms with E-state index in [0.29, 0.717) is 17.3 Å². The molecule has 3 aromatic rings. The van der Waals surface area contributed by atoms with Crippen LogP contribution in [0.15, 0.2) is 60.7 Å². The summed E-state index contributed by atoms with van der Waals surface area (Å²) in [5.41, 5.74) is 2.57. The smallest absolute Gasteiger partial charge is 0.328 e. The van der Waals surface area contributed by atoms with Crippen molar-refractivity contribution in [2.24, 2.45) is 0 Å². The predicted molar refractivity (Wildman–Crippen MR) is 113 cm³/mol. The number of hydrogen-bond acceptors (Lipinski definition) is 6. The minimum atomic E-state index is -1.40. The number of aliphatic carboxylic acids is 1. The topological polar surface area (TPSA) is 124 Å². The van der Waals surface area contributed by atoms with Crippen LogP contribution in [0.2, 0.25) is 0 Å². The molecule has 2 aromatic carbocycles. The van der Waals surface area contributed by atoms with E-state index in [4.69, 9.17) is 5.11 Å². The molecular weight excluding hydrogens is 384 g/mol. The predicted octanol–water partition coefficient (Wildman–Crippen LogP) is 2.76. The Labute approximate surface area is 173 Å². The maximum Gasteiger partial charge on any atom is 0.328 e. The molecule has 0 bridgehead atoms. The number of carbonyl (C=O) groups excluding carboxylic acids is 1. The normalized spacial score (nSPS) is 12.6. The Hall–Kier alpha value is -3.78. The molecule has 4 N–H and O–H groups in total. The fourth-order valence-corrected chi connectivity index (χ4v) is 2.89. The van der Waals surface area contributed by atoms with Gasteiger partial charge in [0.2, 0.25) is 0 Å². The number of benzene rings is 2. The summed E-state index contributed by atoms with van der Waals surface area (Å²) in [6.45, 7) is 3.10. The van der Waals surface area contributed by atoms with Crippen LogP contribution < -0.4 is 10.6 Å². The summed E-state index contributed by atoms with van der Waals surface area (Å²) in [6.07, 6.45) is -1.23. The molecule has 154 valence electrons. The van der Waals surface area contributed by atoms with Gasteiger partial charge < -0.3 is 20.8 Å². The van der Waals surface area contributed by atoms with Gasteiger partial charge >= 0.3 is 5.97 Å². The van der Waals surface area contributed by atoms with Gasteiger partial charge in [0.1, 0.15) is 11.6 Å². The zero-order valence-corrected chi connectivity index (χ0v) is 16.5. The number of anilines is 2. The lowest BCUT2D eigenvalue weighted by Crippen LogP contribution is -2.47. The summed E-state index contributed by atoms with van der Waals surface area (Å²) < 4.78 is 0. The molecule has 0 aliphatic rings. The number of carbonyl (C=O) groups is 2.